The number of nitrogens with one attached hydrogen (secondary N) is 1. The van der Waals surface area contributed by atoms with Gasteiger partial charge in [-0.2, -0.15) is 0 Å². The van der Waals surface area contributed by atoms with E-state index >= 15 is 0 Å². The highest BCUT2D eigenvalue weighted by Crippen LogP contribution is 2.28. The summed E-state index contributed by atoms with van der Waals surface area (Å²) in [6, 6.07) is 0. The van der Waals surface area contributed by atoms with Gasteiger partial charge in [0.25, 0.3) is 0 Å². The van der Waals surface area contributed by atoms with Crippen LogP contribution in [0.3, 0.4) is 0 Å². The molecule has 70 valence electrons. The van der Waals surface area contributed by atoms with E-state index in [0.717, 1.165) is 32.1 Å². The Bertz CT molecular complexity index is 148. The molecule has 1 saturated carbocycles. The van der Waals surface area contributed by atoms with Crippen LogP contribution in [0.25, 0.3) is 0 Å². The molecule has 0 amide bonds. The molecule has 0 aromatic rings. The van der Waals surface area contributed by atoms with Crippen LogP contribution in [-0.4, -0.2) is 24.9 Å². The van der Waals surface area contributed by atoms with Gasteiger partial charge in [-0.3, -0.25) is 0 Å². The zero-order valence-corrected chi connectivity index (χ0v) is 8.03. The first-order valence-corrected chi connectivity index (χ1v) is 4.81. The second-order valence-corrected chi connectivity index (χ2v) is 3.60. The van der Waals surface area contributed by atoms with Crippen molar-refractivity contribution in [3.05, 3.63) is 0 Å². The molecule has 1 rings (SSSR count). The van der Waals surface area contributed by atoms with E-state index in [1.54, 1.807) is 0 Å². The van der Waals surface area contributed by atoms with Crippen molar-refractivity contribution >= 4 is 17.3 Å². The standard InChI is InChI=1S/C8H16N2OS/c9-8(12)10-4-1-5-11-6-7-2-3-7/h7H,1-6H2,(H3,9,10,12). The Kier molecular flexibility index (Phi) is 4.32. The van der Waals surface area contributed by atoms with E-state index in [2.05, 4.69) is 17.5 Å². The summed E-state index contributed by atoms with van der Waals surface area (Å²) in [5.74, 6) is 0.855. The molecule has 3 nitrogen and oxygen atoms in total. The van der Waals surface area contributed by atoms with Crippen LogP contribution in [-0.2, 0) is 4.74 Å². The predicted octanol–water partition coefficient (Wildman–Crippen LogP) is 0.636. The maximum atomic E-state index is 5.42. The molecule has 0 aliphatic heterocycles. The lowest BCUT2D eigenvalue weighted by Gasteiger charge is -2.04. The van der Waals surface area contributed by atoms with E-state index in [0.29, 0.717) is 5.11 Å². The normalized spacial score (nSPS) is 16.0. The lowest BCUT2D eigenvalue weighted by atomic mass is 10.4. The summed E-state index contributed by atoms with van der Waals surface area (Å²) in [4.78, 5) is 0. The third-order valence-electron chi connectivity index (χ3n) is 1.82. The number of ether oxygens (including phenoxy) is 1. The number of hydrogen-bond donors (Lipinski definition) is 2. The Balaban J connectivity index is 1.73. The average molecular weight is 188 g/mol. The van der Waals surface area contributed by atoms with E-state index in [-0.39, 0.29) is 0 Å². The van der Waals surface area contributed by atoms with Crippen molar-refractivity contribution in [2.75, 3.05) is 19.8 Å². The van der Waals surface area contributed by atoms with Crippen LogP contribution in [0.1, 0.15) is 19.3 Å². The summed E-state index contributed by atoms with van der Waals surface area (Å²) >= 11 is 4.65. The second-order valence-electron chi connectivity index (χ2n) is 3.16. The van der Waals surface area contributed by atoms with Gasteiger partial charge in [0.05, 0.1) is 0 Å². The fraction of sp³-hybridized carbons (Fsp3) is 0.875. The van der Waals surface area contributed by atoms with Crippen LogP contribution in [0.15, 0.2) is 0 Å². The van der Waals surface area contributed by atoms with Crippen molar-refractivity contribution in [3.63, 3.8) is 0 Å². The first kappa shape index (κ1) is 9.74. The summed E-state index contributed by atoms with van der Waals surface area (Å²) in [6.45, 7) is 2.57. The van der Waals surface area contributed by atoms with Crippen LogP contribution < -0.4 is 11.1 Å². The van der Waals surface area contributed by atoms with Gasteiger partial charge in [0.15, 0.2) is 5.11 Å². The van der Waals surface area contributed by atoms with Crippen LogP contribution in [0, 0.1) is 5.92 Å². The molecule has 0 spiro atoms. The number of thiocarbonyl (C=S) groups is 1. The monoisotopic (exact) mass is 188 g/mol. The lowest BCUT2D eigenvalue weighted by molar-refractivity contribution is 0.123. The topological polar surface area (TPSA) is 47.3 Å². The molecule has 1 aliphatic rings. The average Bonchev–Trinajstić information content (AvgIpc) is 2.79. The fourth-order valence-corrected chi connectivity index (χ4v) is 1.02. The van der Waals surface area contributed by atoms with Gasteiger partial charge in [-0.05, 0) is 37.4 Å². The van der Waals surface area contributed by atoms with Crippen molar-refractivity contribution in [2.45, 2.75) is 19.3 Å². The molecule has 1 fully saturated rings. The molecule has 1 aliphatic carbocycles. The molecular weight excluding hydrogens is 172 g/mol. The first-order valence-electron chi connectivity index (χ1n) is 4.40. The minimum absolute atomic E-state index is 0.372. The lowest BCUT2D eigenvalue weighted by Crippen LogP contribution is -2.30. The van der Waals surface area contributed by atoms with E-state index < -0.39 is 0 Å². The molecule has 4 heteroatoms. The summed E-state index contributed by atoms with van der Waals surface area (Å²) in [5.41, 5.74) is 5.24. The summed E-state index contributed by atoms with van der Waals surface area (Å²) < 4.78 is 5.42. The second kappa shape index (κ2) is 5.32. The zero-order chi connectivity index (χ0) is 8.81. The SMILES string of the molecule is NC(=S)NCCCOCC1CC1. The molecule has 0 aromatic heterocycles. The summed E-state index contributed by atoms with van der Waals surface area (Å²) in [7, 11) is 0. The molecule has 3 N–H and O–H groups in total. The van der Waals surface area contributed by atoms with Crippen LogP contribution in [0.2, 0.25) is 0 Å². The third-order valence-corrected chi connectivity index (χ3v) is 1.96. The molecular formula is C8H16N2OS. The highest BCUT2D eigenvalue weighted by molar-refractivity contribution is 7.80. The van der Waals surface area contributed by atoms with E-state index in [9.17, 15) is 0 Å². The van der Waals surface area contributed by atoms with Gasteiger partial charge in [-0.15, -0.1) is 0 Å². The summed E-state index contributed by atoms with van der Waals surface area (Å²) in [5, 5.41) is 3.25. The Morgan fingerprint density at radius 3 is 2.92 bits per heavy atom. The van der Waals surface area contributed by atoms with Crippen LogP contribution >= 0.6 is 12.2 Å². The third kappa shape index (κ3) is 5.32. The molecule has 0 bridgehead atoms. The van der Waals surface area contributed by atoms with E-state index in [1.807, 2.05) is 0 Å². The minimum atomic E-state index is 0.372. The smallest absolute Gasteiger partial charge is 0.163 e. The van der Waals surface area contributed by atoms with E-state index in [1.165, 1.54) is 12.8 Å². The largest absolute Gasteiger partial charge is 0.381 e. The Morgan fingerprint density at radius 1 is 1.58 bits per heavy atom. The van der Waals surface area contributed by atoms with Gasteiger partial charge in [0.1, 0.15) is 0 Å². The van der Waals surface area contributed by atoms with Crippen molar-refractivity contribution in [2.24, 2.45) is 11.7 Å². The van der Waals surface area contributed by atoms with Crippen molar-refractivity contribution in [3.8, 4) is 0 Å². The highest BCUT2D eigenvalue weighted by Gasteiger charge is 2.20. The number of rotatable bonds is 6. The van der Waals surface area contributed by atoms with Crippen molar-refractivity contribution in [1.29, 1.82) is 0 Å². The van der Waals surface area contributed by atoms with E-state index in [4.69, 9.17) is 10.5 Å². The van der Waals surface area contributed by atoms with Gasteiger partial charge in [-0.1, -0.05) is 0 Å². The Hall–Kier alpha value is -0.350. The molecule has 0 atom stereocenters. The zero-order valence-electron chi connectivity index (χ0n) is 7.21. The van der Waals surface area contributed by atoms with Crippen LogP contribution in [0.4, 0.5) is 0 Å². The van der Waals surface area contributed by atoms with Gasteiger partial charge < -0.3 is 15.8 Å². The van der Waals surface area contributed by atoms with Gasteiger partial charge in [0.2, 0.25) is 0 Å². The predicted molar refractivity (Wildman–Crippen MR) is 52.9 cm³/mol. The minimum Gasteiger partial charge on any atom is -0.381 e. The maximum absolute atomic E-state index is 5.42. The van der Waals surface area contributed by atoms with Crippen LogP contribution in [0.5, 0.6) is 0 Å². The van der Waals surface area contributed by atoms with Crippen molar-refractivity contribution in [1.82, 2.24) is 5.32 Å². The molecule has 0 aromatic carbocycles. The Morgan fingerprint density at radius 2 is 2.33 bits per heavy atom. The van der Waals surface area contributed by atoms with Gasteiger partial charge in [0, 0.05) is 19.8 Å². The van der Waals surface area contributed by atoms with Crippen molar-refractivity contribution < 1.29 is 4.74 Å². The number of hydrogen-bond acceptors (Lipinski definition) is 2. The first-order chi connectivity index (χ1) is 5.79. The quantitative estimate of drug-likeness (QED) is 0.474. The van der Waals surface area contributed by atoms with Gasteiger partial charge >= 0.3 is 0 Å². The Labute approximate surface area is 78.7 Å². The summed E-state index contributed by atoms with van der Waals surface area (Å²) in [6.07, 6.45) is 3.68. The molecule has 0 saturated heterocycles. The fourth-order valence-electron chi connectivity index (χ4n) is 0.920. The molecule has 0 unspecified atom stereocenters. The molecule has 12 heavy (non-hydrogen) atoms. The van der Waals surface area contributed by atoms with Gasteiger partial charge in [-0.25, -0.2) is 0 Å². The maximum Gasteiger partial charge on any atom is 0.163 e. The molecule has 0 radical (unpaired) electrons. The number of nitrogens with two attached hydrogens (primary N) is 1. The highest BCUT2D eigenvalue weighted by atomic mass is 32.1. The molecule has 0 heterocycles.